The smallest absolute Gasteiger partial charge is 0.322 e. The highest BCUT2D eigenvalue weighted by atomic mass is 35.5. The maximum atomic E-state index is 11.9. The van der Waals surface area contributed by atoms with Crippen molar-refractivity contribution in [1.29, 1.82) is 0 Å². The molecule has 0 aliphatic carbocycles. The van der Waals surface area contributed by atoms with Gasteiger partial charge < -0.3 is 5.11 Å². The molecule has 0 saturated carbocycles. The van der Waals surface area contributed by atoms with E-state index >= 15 is 0 Å². The zero-order valence-electron chi connectivity index (χ0n) is 9.96. The second-order valence-corrected chi connectivity index (χ2v) is 6.02. The van der Waals surface area contributed by atoms with Crippen LogP contribution in [0.3, 0.4) is 0 Å². The standard InChI is InChI=1S/C11H12ClNO5S/c1-7(14)6-10(11(15)16)13-19(17,18)9-4-2-8(12)3-5-9/h2-5,10,13H,6H2,1H3,(H,15,16). The van der Waals surface area contributed by atoms with Crippen molar-refractivity contribution in [2.45, 2.75) is 24.3 Å². The lowest BCUT2D eigenvalue weighted by Crippen LogP contribution is -2.41. The Kier molecular flexibility index (Phi) is 5.04. The van der Waals surface area contributed by atoms with Gasteiger partial charge in [0.05, 0.1) is 4.90 Å². The van der Waals surface area contributed by atoms with Crippen molar-refractivity contribution < 1.29 is 23.1 Å². The summed E-state index contributed by atoms with van der Waals surface area (Å²) < 4.78 is 25.8. The number of carbonyl (C=O) groups excluding carboxylic acids is 1. The summed E-state index contributed by atoms with van der Waals surface area (Å²) in [7, 11) is -4.01. The van der Waals surface area contributed by atoms with E-state index in [-0.39, 0.29) is 4.90 Å². The van der Waals surface area contributed by atoms with Gasteiger partial charge >= 0.3 is 5.97 Å². The van der Waals surface area contributed by atoms with E-state index in [9.17, 15) is 18.0 Å². The Hall–Kier alpha value is -1.44. The molecule has 0 fully saturated rings. The number of benzene rings is 1. The second-order valence-electron chi connectivity index (χ2n) is 3.87. The maximum Gasteiger partial charge on any atom is 0.322 e. The third-order valence-electron chi connectivity index (χ3n) is 2.21. The topological polar surface area (TPSA) is 101 Å². The number of rotatable bonds is 6. The van der Waals surface area contributed by atoms with E-state index < -0.39 is 34.2 Å². The summed E-state index contributed by atoms with van der Waals surface area (Å²) in [6.45, 7) is 1.19. The molecule has 104 valence electrons. The van der Waals surface area contributed by atoms with Gasteiger partial charge in [-0.1, -0.05) is 11.6 Å². The summed E-state index contributed by atoms with van der Waals surface area (Å²) in [5, 5.41) is 9.23. The lowest BCUT2D eigenvalue weighted by atomic mass is 10.2. The van der Waals surface area contributed by atoms with Gasteiger partial charge in [-0.25, -0.2) is 8.42 Å². The number of aliphatic carboxylic acids is 1. The van der Waals surface area contributed by atoms with Crippen LogP contribution in [-0.4, -0.2) is 31.3 Å². The van der Waals surface area contributed by atoms with Crippen LogP contribution in [0.15, 0.2) is 29.2 Å². The number of carboxylic acid groups (broad SMARTS) is 1. The van der Waals surface area contributed by atoms with Crippen molar-refractivity contribution in [3.8, 4) is 0 Å². The van der Waals surface area contributed by atoms with Gasteiger partial charge in [-0.15, -0.1) is 0 Å². The number of ketones is 1. The van der Waals surface area contributed by atoms with Crippen LogP contribution >= 0.6 is 11.6 Å². The van der Waals surface area contributed by atoms with E-state index in [0.717, 1.165) is 0 Å². The second kappa shape index (κ2) is 6.14. The highest BCUT2D eigenvalue weighted by Crippen LogP contribution is 2.14. The predicted octanol–water partition coefficient (Wildman–Crippen LogP) is 1.05. The molecule has 1 atom stereocenters. The van der Waals surface area contributed by atoms with Crippen LogP contribution in [0.4, 0.5) is 0 Å². The fraction of sp³-hybridized carbons (Fsp3) is 0.273. The van der Waals surface area contributed by atoms with E-state index in [2.05, 4.69) is 0 Å². The molecule has 0 aliphatic rings. The highest BCUT2D eigenvalue weighted by molar-refractivity contribution is 7.89. The Labute approximate surface area is 115 Å². The molecule has 0 saturated heterocycles. The maximum absolute atomic E-state index is 11.9. The summed E-state index contributed by atoms with van der Waals surface area (Å²) >= 11 is 5.63. The van der Waals surface area contributed by atoms with Crippen molar-refractivity contribution in [2.75, 3.05) is 0 Å². The molecule has 19 heavy (non-hydrogen) atoms. The SMILES string of the molecule is CC(=O)CC(NS(=O)(=O)c1ccc(Cl)cc1)C(=O)O. The first-order valence-corrected chi connectivity index (χ1v) is 7.08. The molecule has 8 heteroatoms. The van der Waals surface area contributed by atoms with Crippen LogP contribution in [0.5, 0.6) is 0 Å². The monoisotopic (exact) mass is 305 g/mol. The normalized spacial score (nSPS) is 12.9. The largest absolute Gasteiger partial charge is 0.480 e. The number of hydrogen-bond donors (Lipinski definition) is 2. The lowest BCUT2D eigenvalue weighted by Gasteiger charge is -2.13. The van der Waals surface area contributed by atoms with Crippen LogP contribution < -0.4 is 4.72 Å². The summed E-state index contributed by atoms with van der Waals surface area (Å²) in [6.07, 6.45) is -0.415. The Morgan fingerprint density at radius 2 is 1.84 bits per heavy atom. The molecular formula is C11H12ClNO5S. The summed E-state index contributed by atoms with van der Waals surface area (Å²) in [5.41, 5.74) is 0. The van der Waals surface area contributed by atoms with E-state index in [4.69, 9.17) is 16.7 Å². The van der Waals surface area contributed by atoms with Crippen LogP contribution in [0.25, 0.3) is 0 Å². The van der Waals surface area contributed by atoms with Gasteiger partial charge in [0.15, 0.2) is 0 Å². The van der Waals surface area contributed by atoms with Crippen molar-refractivity contribution >= 4 is 33.4 Å². The molecule has 0 radical (unpaired) electrons. The van der Waals surface area contributed by atoms with Gasteiger partial charge in [0.1, 0.15) is 11.8 Å². The third-order valence-corrected chi connectivity index (χ3v) is 3.95. The van der Waals surface area contributed by atoms with Crippen molar-refractivity contribution in [1.82, 2.24) is 4.72 Å². The average Bonchev–Trinajstić information content (AvgIpc) is 2.27. The average molecular weight is 306 g/mol. The highest BCUT2D eigenvalue weighted by Gasteiger charge is 2.26. The first-order chi connectivity index (χ1) is 8.72. The lowest BCUT2D eigenvalue weighted by molar-refractivity contribution is -0.140. The van der Waals surface area contributed by atoms with E-state index in [0.29, 0.717) is 5.02 Å². The Morgan fingerprint density at radius 1 is 1.32 bits per heavy atom. The van der Waals surface area contributed by atoms with E-state index in [1.54, 1.807) is 0 Å². The molecule has 0 heterocycles. The quantitative estimate of drug-likeness (QED) is 0.818. The van der Waals surface area contributed by atoms with Crippen LogP contribution in [0.1, 0.15) is 13.3 Å². The van der Waals surface area contributed by atoms with Gasteiger partial charge in [-0.05, 0) is 31.2 Å². The molecule has 1 aromatic carbocycles. The van der Waals surface area contributed by atoms with Gasteiger partial charge in [0.25, 0.3) is 0 Å². The predicted molar refractivity (Wildman–Crippen MR) is 68.5 cm³/mol. The Bertz CT molecular complexity index is 582. The van der Waals surface area contributed by atoms with Crippen molar-refractivity contribution in [3.63, 3.8) is 0 Å². The van der Waals surface area contributed by atoms with Gasteiger partial charge in [-0.3, -0.25) is 9.59 Å². The molecule has 1 rings (SSSR count). The molecule has 0 aliphatic heterocycles. The number of sulfonamides is 1. The number of nitrogens with one attached hydrogen (secondary N) is 1. The third kappa shape index (κ3) is 4.62. The number of Topliss-reactive ketones (excluding diaryl/α,β-unsaturated/α-hetero) is 1. The first kappa shape index (κ1) is 15.6. The molecule has 1 unspecified atom stereocenters. The molecule has 1 aromatic rings. The summed E-state index contributed by atoms with van der Waals surface area (Å²) in [5.74, 6) is -1.83. The number of carboxylic acids is 1. The molecule has 0 bridgehead atoms. The van der Waals surface area contributed by atoms with E-state index in [1.807, 2.05) is 4.72 Å². The molecule has 6 nitrogen and oxygen atoms in total. The zero-order chi connectivity index (χ0) is 14.6. The minimum Gasteiger partial charge on any atom is -0.480 e. The van der Waals surface area contributed by atoms with Crippen LogP contribution in [-0.2, 0) is 19.6 Å². The molecular weight excluding hydrogens is 294 g/mol. The fourth-order valence-corrected chi connectivity index (χ4v) is 2.65. The minimum absolute atomic E-state index is 0.119. The first-order valence-electron chi connectivity index (χ1n) is 5.22. The van der Waals surface area contributed by atoms with Gasteiger partial charge in [-0.2, -0.15) is 4.72 Å². The Morgan fingerprint density at radius 3 is 2.26 bits per heavy atom. The summed E-state index contributed by atoms with van der Waals surface area (Å²) in [4.78, 5) is 21.7. The van der Waals surface area contributed by atoms with Gasteiger partial charge in [0.2, 0.25) is 10.0 Å². The summed E-state index contributed by atoms with van der Waals surface area (Å²) in [6, 6.07) is 3.75. The number of hydrogen-bond acceptors (Lipinski definition) is 4. The molecule has 0 spiro atoms. The minimum atomic E-state index is -4.01. The van der Waals surface area contributed by atoms with Crippen LogP contribution in [0, 0.1) is 0 Å². The molecule has 0 aromatic heterocycles. The fourth-order valence-electron chi connectivity index (χ4n) is 1.34. The number of halogens is 1. The van der Waals surface area contributed by atoms with Gasteiger partial charge in [0, 0.05) is 11.4 Å². The zero-order valence-corrected chi connectivity index (χ0v) is 11.5. The van der Waals surface area contributed by atoms with Crippen LogP contribution in [0.2, 0.25) is 5.02 Å². The molecule has 0 amide bonds. The molecule has 2 N–H and O–H groups in total. The van der Waals surface area contributed by atoms with Crippen molar-refractivity contribution in [2.24, 2.45) is 0 Å². The van der Waals surface area contributed by atoms with E-state index in [1.165, 1.54) is 31.2 Å². The Balaban J connectivity index is 2.97. The number of carbonyl (C=O) groups is 2. The van der Waals surface area contributed by atoms with Crippen molar-refractivity contribution in [3.05, 3.63) is 29.3 Å².